The molecular formula is C16H29N3. The first-order valence-electron chi connectivity index (χ1n) is 7.33. The van der Waals surface area contributed by atoms with Gasteiger partial charge in [-0.2, -0.15) is 0 Å². The fraction of sp³-hybridized carbons (Fsp3) is 0.688. The van der Waals surface area contributed by atoms with Gasteiger partial charge in [0.1, 0.15) is 0 Å². The molecule has 108 valence electrons. The lowest BCUT2D eigenvalue weighted by Crippen LogP contribution is -2.41. The summed E-state index contributed by atoms with van der Waals surface area (Å²) in [5, 5.41) is 3.52. The van der Waals surface area contributed by atoms with Crippen molar-refractivity contribution < 1.29 is 0 Å². The summed E-state index contributed by atoms with van der Waals surface area (Å²) in [5.74, 6) is 0.657. The van der Waals surface area contributed by atoms with Gasteiger partial charge in [0.15, 0.2) is 0 Å². The highest BCUT2D eigenvalue weighted by Gasteiger charge is 2.16. The Balaban J connectivity index is 2.33. The highest BCUT2D eigenvalue weighted by molar-refractivity contribution is 5.09. The van der Waals surface area contributed by atoms with Crippen LogP contribution < -0.4 is 5.32 Å². The zero-order valence-electron chi connectivity index (χ0n) is 13.1. The first-order valence-corrected chi connectivity index (χ1v) is 7.33. The topological polar surface area (TPSA) is 28.2 Å². The Kier molecular flexibility index (Phi) is 7.03. The molecule has 0 spiro atoms. The third-order valence-electron chi connectivity index (χ3n) is 3.87. The van der Waals surface area contributed by atoms with Crippen molar-refractivity contribution in [3.05, 3.63) is 30.1 Å². The van der Waals surface area contributed by atoms with Crippen LogP contribution in [-0.4, -0.2) is 42.1 Å². The number of rotatable bonds is 8. The van der Waals surface area contributed by atoms with Crippen molar-refractivity contribution in [1.29, 1.82) is 0 Å². The van der Waals surface area contributed by atoms with Crippen LogP contribution in [0, 0.1) is 5.92 Å². The summed E-state index contributed by atoms with van der Waals surface area (Å²) in [7, 11) is 2.22. The summed E-state index contributed by atoms with van der Waals surface area (Å²) >= 11 is 0. The van der Waals surface area contributed by atoms with E-state index in [9.17, 15) is 0 Å². The minimum atomic E-state index is 0.566. The molecule has 1 rings (SSSR count). The molecule has 0 saturated carbocycles. The second kappa shape index (κ2) is 8.28. The molecule has 0 saturated heterocycles. The van der Waals surface area contributed by atoms with E-state index in [4.69, 9.17) is 0 Å². The van der Waals surface area contributed by atoms with Gasteiger partial charge in [-0.05, 0) is 50.6 Å². The van der Waals surface area contributed by atoms with Crippen LogP contribution in [0.1, 0.15) is 33.3 Å². The third-order valence-corrected chi connectivity index (χ3v) is 3.87. The third kappa shape index (κ3) is 6.17. The van der Waals surface area contributed by atoms with E-state index in [0.717, 1.165) is 19.5 Å². The fourth-order valence-electron chi connectivity index (χ4n) is 2.09. The molecule has 3 heteroatoms. The molecule has 0 aliphatic heterocycles. The SMILES string of the molecule is CC(C)NCC(C)C(C)N(C)CCc1ccncc1. The lowest BCUT2D eigenvalue weighted by atomic mass is 10.0. The van der Waals surface area contributed by atoms with E-state index in [1.165, 1.54) is 5.56 Å². The molecule has 1 aromatic heterocycles. The van der Waals surface area contributed by atoms with E-state index in [2.05, 4.69) is 62.1 Å². The summed E-state index contributed by atoms with van der Waals surface area (Å²) in [4.78, 5) is 6.51. The van der Waals surface area contributed by atoms with Crippen molar-refractivity contribution in [2.75, 3.05) is 20.1 Å². The quantitative estimate of drug-likeness (QED) is 0.781. The van der Waals surface area contributed by atoms with Crippen molar-refractivity contribution in [3.63, 3.8) is 0 Å². The summed E-state index contributed by atoms with van der Waals surface area (Å²) in [6.45, 7) is 11.2. The number of nitrogens with one attached hydrogen (secondary N) is 1. The summed E-state index contributed by atoms with van der Waals surface area (Å²) in [5.41, 5.74) is 1.36. The van der Waals surface area contributed by atoms with Crippen LogP contribution in [-0.2, 0) is 6.42 Å². The zero-order chi connectivity index (χ0) is 14.3. The van der Waals surface area contributed by atoms with Crippen LogP contribution in [0.5, 0.6) is 0 Å². The van der Waals surface area contributed by atoms with Gasteiger partial charge in [-0.3, -0.25) is 4.98 Å². The van der Waals surface area contributed by atoms with E-state index in [1.54, 1.807) is 0 Å². The lowest BCUT2D eigenvalue weighted by Gasteiger charge is -2.30. The molecule has 2 atom stereocenters. The van der Waals surface area contributed by atoms with E-state index in [0.29, 0.717) is 18.0 Å². The minimum absolute atomic E-state index is 0.566. The molecule has 0 aliphatic rings. The molecule has 0 aliphatic carbocycles. The first-order chi connectivity index (χ1) is 9.00. The predicted molar refractivity (Wildman–Crippen MR) is 82.3 cm³/mol. The molecule has 0 fully saturated rings. The molecule has 2 unspecified atom stereocenters. The highest BCUT2D eigenvalue weighted by atomic mass is 15.1. The van der Waals surface area contributed by atoms with Crippen LogP contribution in [0.15, 0.2) is 24.5 Å². The van der Waals surface area contributed by atoms with Crippen LogP contribution in [0.4, 0.5) is 0 Å². The van der Waals surface area contributed by atoms with Gasteiger partial charge in [0, 0.05) is 31.0 Å². The molecule has 0 radical (unpaired) electrons. The van der Waals surface area contributed by atoms with Crippen LogP contribution >= 0.6 is 0 Å². The van der Waals surface area contributed by atoms with Crippen LogP contribution in [0.25, 0.3) is 0 Å². The number of aromatic nitrogens is 1. The summed E-state index contributed by atoms with van der Waals surface area (Å²) < 4.78 is 0. The monoisotopic (exact) mass is 263 g/mol. The van der Waals surface area contributed by atoms with Crippen molar-refractivity contribution in [2.45, 2.75) is 46.2 Å². The maximum Gasteiger partial charge on any atom is 0.0270 e. The van der Waals surface area contributed by atoms with E-state index in [-0.39, 0.29) is 0 Å². The van der Waals surface area contributed by atoms with Crippen molar-refractivity contribution in [3.8, 4) is 0 Å². The molecule has 1 aromatic rings. The fourth-order valence-corrected chi connectivity index (χ4v) is 2.09. The number of nitrogens with zero attached hydrogens (tertiary/aromatic N) is 2. The van der Waals surface area contributed by atoms with Gasteiger partial charge in [-0.25, -0.2) is 0 Å². The average molecular weight is 263 g/mol. The largest absolute Gasteiger partial charge is 0.314 e. The van der Waals surface area contributed by atoms with Gasteiger partial charge >= 0.3 is 0 Å². The molecule has 0 aromatic carbocycles. The molecule has 19 heavy (non-hydrogen) atoms. The molecule has 1 N–H and O–H groups in total. The Bertz CT molecular complexity index is 337. The van der Waals surface area contributed by atoms with Gasteiger partial charge in [0.2, 0.25) is 0 Å². The second-order valence-electron chi connectivity index (χ2n) is 5.87. The average Bonchev–Trinajstić information content (AvgIpc) is 2.42. The van der Waals surface area contributed by atoms with Gasteiger partial charge in [0.25, 0.3) is 0 Å². The van der Waals surface area contributed by atoms with Gasteiger partial charge in [-0.15, -0.1) is 0 Å². The Morgan fingerprint density at radius 2 is 1.79 bits per heavy atom. The van der Waals surface area contributed by atoms with Crippen molar-refractivity contribution >= 4 is 0 Å². The Labute approximate surface area is 118 Å². The Morgan fingerprint density at radius 3 is 2.37 bits per heavy atom. The molecule has 0 bridgehead atoms. The van der Waals surface area contributed by atoms with E-state index < -0.39 is 0 Å². The lowest BCUT2D eigenvalue weighted by molar-refractivity contribution is 0.196. The van der Waals surface area contributed by atoms with Crippen molar-refractivity contribution in [1.82, 2.24) is 15.2 Å². The minimum Gasteiger partial charge on any atom is -0.314 e. The Morgan fingerprint density at radius 1 is 1.16 bits per heavy atom. The number of likely N-dealkylation sites (N-methyl/N-ethyl adjacent to an activating group) is 1. The highest BCUT2D eigenvalue weighted by Crippen LogP contribution is 2.10. The molecule has 0 amide bonds. The van der Waals surface area contributed by atoms with E-state index in [1.807, 2.05) is 12.4 Å². The molecular weight excluding hydrogens is 234 g/mol. The second-order valence-corrected chi connectivity index (χ2v) is 5.87. The van der Waals surface area contributed by atoms with Crippen molar-refractivity contribution in [2.24, 2.45) is 5.92 Å². The standard InChI is InChI=1S/C16H29N3/c1-13(2)18-12-14(3)15(4)19(5)11-8-16-6-9-17-10-7-16/h6-7,9-10,13-15,18H,8,11-12H2,1-5H3. The van der Waals surface area contributed by atoms with Gasteiger partial charge in [0.05, 0.1) is 0 Å². The smallest absolute Gasteiger partial charge is 0.0270 e. The predicted octanol–water partition coefficient (Wildman–Crippen LogP) is 2.58. The maximum absolute atomic E-state index is 4.05. The number of hydrogen-bond donors (Lipinski definition) is 1. The number of hydrogen-bond acceptors (Lipinski definition) is 3. The number of pyridine rings is 1. The van der Waals surface area contributed by atoms with Gasteiger partial charge in [-0.1, -0.05) is 20.8 Å². The molecule has 3 nitrogen and oxygen atoms in total. The first kappa shape index (κ1) is 16.1. The zero-order valence-corrected chi connectivity index (χ0v) is 13.1. The van der Waals surface area contributed by atoms with Crippen LogP contribution in [0.2, 0.25) is 0 Å². The van der Waals surface area contributed by atoms with Gasteiger partial charge < -0.3 is 10.2 Å². The summed E-state index contributed by atoms with van der Waals surface area (Å²) in [6, 6.07) is 5.36. The van der Waals surface area contributed by atoms with E-state index >= 15 is 0 Å². The summed E-state index contributed by atoms with van der Waals surface area (Å²) in [6.07, 6.45) is 4.83. The normalized spacial score (nSPS) is 14.9. The molecule has 1 heterocycles. The Hall–Kier alpha value is -0.930. The van der Waals surface area contributed by atoms with Crippen LogP contribution in [0.3, 0.4) is 0 Å². The maximum atomic E-state index is 4.05.